The molecule has 64 valence electrons. The molecule has 0 heterocycles. The Kier molecular flexibility index (Phi) is 7.23. The van der Waals surface area contributed by atoms with Gasteiger partial charge in [0.05, 0.1) is 0 Å². The van der Waals surface area contributed by atoms with Crippen LogP contribution in [0.15, 0.2) is 24.3 Å². The largest absolute Gasteiger partial charge is 0.103 e. The molecule has 0 N–H and O–H groups in total. The van der Waals surface area contributed by atoms with Gasteiger partial charge in [0.15, 0.2) is 0 Å². The van der Waals surface area contributed by atoms with Crippen molar-refractivity contribution in [3.63, 3.8) is 0 Å². The van der Waals surface area contributed by atoms with Gasteiger partial charge in [0.1, 0.15) is 0 Å². The first-order valence-electron chi connectivity index (χ1n) is 4.57. The van der Waals surface area contributed by atoms with Gasteiger partial charge in [0.2, 0.25) is 0 Å². The molecule has 0 saturated heterocycles. The average molecular weight is 152 g/mol. The molecule has 0 heteroatoms. The van der Waals surface area contributed by atoms with Gasteiger partial charge in [-0.3, -0.25) is 0 Å². The zero-order valence-corrected chi connectivity index (χ0v) is 7.90. The molecule has 0 aliphatic carbocycles. The molecule has 0 aromatic rings. The fourth-order valence-electron chi connectivity index (χ4n) is 0.984. The monoisotopic (exact) mass is 152 g/mol. The van der Waals surface area contributed by atoms with Crippen molar-refractivity contribution in [2.75, 3.05) is 0 Å². The third kappa shape index (κ3) is 7.38. The van der Waals surface area contributed by atoms with E-state index >= 15 is 0 Å². The van der Waals surface area contributed by atoms with Crippen molar-refractivity contribution in [2.24, 2.45) is 0 Å². The van der Waals surface area contributed by atoms with Gasteiger partial charge in [0.25, 0.3) is 0 Å². The molecule has 0 aliphatic heterocycles. The second-order valence-electron chi connectivity index (χ2n) is 3.02. The first-order valence-corrected chi connectivity index (χ1v) is 4.57. The number of hydrogen-bond donors (Lipinski definition) is 0. The van der Waals surface area contributed by atoms with Crippen LogP contribution < -0.4 is 0 Å². The fraction of sp³-hybridized carbons (Fsp3) is 0.636. The van der Waals surface area contributed by atoms with Crippen molar-refractivity contribution >= 4 is 0 Å². The first kappa shape index (κ1) is 10.5. The van der Waals surface area contributed by atoms with Crippen LogP contribution in [0.4, 0.5) is 0 Å². The van der Waals surface area contributed by atoms with E-state index < -0.39 is 0 Å². The van der Waals surface area contributed by atoms with Gasteiger partial charge in [-0.2, -0.15) is 0 Å². The lowest BCUT2D eigenvalue weighted by Gasteiger charge is -1.96. The minimum absolute atomic E-state index is 1.12. The highest BCUT2D eigenvalue weighted by Crippen LogP contribution is 2.07. The molecule has 0 spiro atoms. The fourth-order valence-corrected chi connectivity index (χ4v) is 0.984. The van der Waals surface area contributed by atoms with E-state index in [1.165, 1.54) is 31.3 Å². The van der Waals surface area contributed by atoms with Crippen LogP contribution in [0.2, 0.25) is 0 Å². The van der Waals surface area contributed by atoms with E-state index in [0.29, 0.717) is 0 Å². The van der Waals surface area contributed by atoms with Crippen LogP contribution in [0.3, 0.4) is 0 Å². The molecule has 0 unspecified atom stereocenters. The van der Waals surface area contributed by atoms with Gasteiger partial charge in [-0.05, 0) is 26.2 Å². The summed E-state index contributed by atoms with van der Waals surface area (Å²) >= 11 is 0. The highest BCUT2D eigenvalue weighted by atomic mass is 13.9. The summed E-state index contributed by atoms with van der Waals surface area (Å²) in [5, 5.41) is 0. The predicted molar refractivity (Wildman–Crippen MR) is 52.7 cm³/mol. The number of hydrogen-bond acceptors (Lipinski definition) is 0. The van der Waals surface area contributed by atoms with Crippen LogP contribution in [0, 0.1) is 0 Å². The highest BCUT2D eigenvalue weighted by molar-refractivity contribution is 4.98. The summed E-state index contributed by atoms with van der Waals surface area (Å²) in [4.78, 5) is 0. The Morgan fingerprint density at radius 1 is 1.36 bits per heavy atom. The average Bonchev–Trinajstić information content (AvgIpc) is 2.01. The summed E-state index contributed by atoms with van der Waals surface area (Å²) in [6.07, 6.45) is 10.5. The maximum absolute atomic E-state index is 3.70. The molecule has 0 amide bonds. The second kappa shape index (κ2) is 7.59. The Morgan fingerprint density at radius 3 is 2.64 bits per heavy atom. The zero-order chi connectivity index (χ0) is 8.53. The smallest absolute Gasteiger partial charge is 0.0288 e. The van der Waals surface area contributed by atoms with Crippen molar-refractivity contribution in [1.29, 1.82) is 0 Å². The maximum Gasteiger partial charge on any atom is -0.0288 e. The number of rotatable bonds is 6. The standard InChI is InChI=1S/C11H20/c1-4-6-8-10-11(3)9-7-5-2/h5,10H,2,4,6-9H2,1,3H3/b11-10+. The molecule has 0 bridgehead atoms. The van der Waals surface area contributed by atoms with Crippen molar-refractivity contribution in [3.05, 3.63) is 24.3 Å². The Hall–Kier alpha value is -0.520. The Morgan fingerprint density at radius 2 is 2.09 bits per heavy atom. The van der Waals surface area contributed by atoms with Crippen molar-refractivity contribution in [3.8, 4) is 0 Å². The lowest BCUT2D eigenvalue weighted by Crippen LogP contribution is -1.76. The lowest BCUT2D eigenvalue weighted by atomic mass is 10.1. The van der Waals surface area contributed by atoms with Crippen LogP contribution in [0.25, 0.3) is 0 Å². The molecule has 0 saturated carbocycles. The van der Waals surface area contributed by atoms with Gasteiger partial charge in [0, 0.05) is 0 Å². The lowest BCUT2D eigenvalue weighted by molar-refractivity contribution is 0.804. The third-order valence-corrected chi connectivity index (χ3v) is 1.79. The number of unbranched alkanes of at least 4 members (excludes halogenated alkanes) is 2. The van der Waals surface area contributed by atoms with Gasteiger partial charge in [-0.1, -0.05) is 37.5 Å². The molecule has 0 nitrogen and oxygen atoms in total. The normalized spacial score (nSPS) is 11.6. The van der Waals surface area contributed by atoms with E-state index in [2.05, 4.69) is 26.5 Å². The van der Waals surface area contributed by atoms with E-state index in [9.17, 15) is 0 Å². The van der Waals surface area contributed by atoms with E-state index in [-0.39, 0.29) is 0 Å². The molecule has 11 heavy (non-hydrogen) atoms. The van der Waals surface area contributed by atoms with E-state index in [1.54, 1.807) is 0 Å². The van der Waals surface area contributed by atoms with Gasteiger partial charge in [-0.15, -0.1) is 6.58 Å². The molecular formula is C11H20. The minimum atomic E-state index is 1.12. The highest BCUT2D eigenvalue weighted by Gasteiger charge is 1.86. The van der Waals surface area contributed by atoms with E-state index in [0.717, 1.165) is 6.42 Å². The summed E-state index contributed by atoms with van der Waals surface area (Å²) < 4.78 is 0. The molecule has 0 atom stereocenters. The molecule has 0 aromatic heterocycles. The molecule has 0 rings (SSSR count). The maximum atomic E-state index is 3.70. The second-order valence-corrected chi connectivity index (χ2v) is 3.02. The van der Waals surface area contributed by atoms with Crippen molar-refractivity contribution < 1.29 is 0 Å². The minimum Gasteiger partial charge on any atom is -0.103 e. The summed E-state index contributed by atoms with van der Waals surface area (Å²) in [5.41, 5.74) is 1.51. The number of allylic oxidation sites excluding steroid dienone is 3. The summed E-state index contributed by atoms with van der Waals surface area (Å²) in [7, 11) is 0. The molecule has 0 radical (unpaired) electrons. The van der Waals surface area contributed by atoms with Crippen LogP contribution in [-0.4, -0.2) is 0 Å². The van der Waals surface area contributed by atoms with E-state index in [1.807, 2.05) is 6.08 Å². The van der Waals surface area contributed by atoms with Crippen molar-refractivity contribution in [1.82, 2.24) is 0 Å². The summed E-state index contributed by atoms with van der Waals surface area (Å²) in [5.74, 6) is 0. The topological polar surface area (TPSA) is 0 Å². The van der Waals surface area contributed by atoms with E-state index in [4.69, 9.17) is 0 Å². The van der Waals surface area contributed by atoms with Gasteiger partial charge >= 0.3 is 0 Å². The molecule has 0 fully saturated rings. The molecule has 0 aliphatic rings. The molecule has 0 aromatic carbocycles. The van der Waals surface area contributed by atoms with Crippen molar-refractivity contribution in [2.45, 2.75) is 46.0 Å². The summed E-state index contributed by atoms with van der Waals surface area (Å²) in [6, 6.07) is 0. The summed E-state index contributed by atoms with van der Waals surface area (Å²) in [6.45, 7) is 8.14. The van der Waals surface area contributed by atoms with Crippen LogP contribution in [0.1, 0.15) is 46.0 Å². The SMILES string of the molecule is C=CCC/C(C)=C/CCCC. The Bertz CT molecular complexity index is 120. The Balaban J connectivity index is 3.37. The van der Waals surface area contributed by atoms with Gasteiger partial charge < -0.3 is 0 Å². The van der Waals surface area contributed by atoms with Crippen LogP contribution in [0.5, 0.6) is 0 Å². The van der Waals surface area contributed by atoms with Gasteiger partial charge in [-0.25, -0.2) is 0 Å². The van der Waals surface area contributed by atoms with Crippen LogP contribution >= 0.6 is 0 Å². The molecular weight excluding hydrogens is 132 g/mol. The van der Waals surface area contributed by atoms with Crippen LogP contribution in [-0.2, 0) is 0 Å². The predicted octanol–water partition coefficient (Wildman–Crippen LogP) is 4.09. The third-order valence-electron chi connectivity index (χ3n) is 1.79. The quantitative estimate of drug-likeness (QED) is 0.397. The Labute approximate surface area is 71.0 Å². The zero-order valence-electron chi connectivity index (χ0n) is 7.90. The first-order chi connectivity index (χ1) is 5.31.